The Bertz CT molecular complexity index is 224. The van der Waals surface area contributed by atoms with Gasteiger partial charge >= 0.3 is 0 Å². The van der Waals surface area contributed by atoms with Gasteiger partial charge in [0.15, 0.2) is 0 Å². The molecule has 72 valence electrons. The normalized spacial score (nSPS) is 58.3. The zero-order valence-corrected chi connectivity index (χ0v) is 7.63. The van der Waals surface area contributed by atoms with Gasteiger partial charge in [-0.1, -0.05) is 12.2 Å². The predicted octanol–water partition coefficient (Wildman–Crippen LogP) is 0.940. The molecule has 0 saturated heterocycles. The lowest BCUT2D eigenvalue weighted by molar-refractivity contribution is -0.0473. The third-order valence-electron chi connectivity index (χ3n) is 4.23. The Morgan fingerprint density at radius 1 is 0.846 bits per heavy atom. The molecule has 2 saturated carbocycles. The third kappa shape index (κ3) is 0.960. The number of fused-ring (bicyclic) bond motifs is 5. The fourth-order valence-electron chi connectivity index (χ4n) is 3.71. The Balaban J connectivity index is 1.94. The van der Waals surface area contributed by atoms with Crippen molar-refractivity contribution in [3.05, 3.63) is 12.2 Å². The lowest BCUT2D eigenvalue weighted by Crippen LogP contribution is -2.42. The molecule has 2 N–H and O–H groups in total. The molecular formula is C11H16O2. The van der Waals surface area contributed by atoms with Crippen molar-refractivity contribution in [2.24, 2.45) is 23.7 Å². The van der Waals surface area contributed by atoms with E-state index in [9.17, 15) is 10.2 Å². The molecule has 6 unspecified atom stereocenters. The monoisotopic (exact) mass is 180 g/mol. The highest BCUT2D eigenvalue weighted by Gasteiger charge is 2.52. The van der Waals surface area contributed by atoms with Crippen molar-refractivity contribution in [2.75, 3.05) is 0 Å². The molecular weight excluding hydrogens is 164 g/mol. The lowest BCUT2D eigenvalue weighted by Gasteiger charge is -2.39. The van der Waals surface area contributed by atoms with Gasteiger partial charge in [0.2, 0.25) is 0 Å². The Kier molecular flexibility index (Phi) is 1.59. The van der Waals surface area contributed by atoms with Gasteiger partial charge in [-0.25, -0.2) is 0 Å². The van der Waals surface area contributed by atoms with Crippen molar-refractivity contribution < 1.29 is 10.2 Å². The zero-order valence-electron chi connectivity index (χ0n) is 7.63. The zero-order chi connectivity index (χ0) is 9.00. The Morgan fingerprint density at radius 3 is 1.77 bits per heavy atom. The maximum absolute atomic E-state index is 9.87. The van der Waals surface area contributed by atoms with Gasteiger partial charge in [-0.05, 0) is 42.9 Å². The fourth-order valence-corrected chi connectivity index (χ4v) is 3.71. The summed E-state index contributed by atoms with van der Waals surface area (Å²) >= 11 is 0. The Labute approximate surface area is 78.3 Å². The van der Waals surface area contributed by atoms with E-state index in [1.54, 1.807) is 0 Å². The summed E-state index contributed by atoms with van der Waals surface area (Å²) in [5.74, 6) is 1.83. The van der Waals surface area contributed by atoms with E-state index in [1.807, 2.05) is 0 Å². The van der Waals surface area contributed by atoms with Gasteiger partial charge in [-0.15, -0.1) is 0 Å². The van der Waals surface area contributed by atoms with Crippen LogP contribution in [0.2, 0.25) is 0 Å². The molecule has 2 fully saturated rings. The van der Waals surface area contributed by atoms with E-state index >= 15 is 0 Å². The summed E-state index contributed by atoms with van der Waals surface area (Å²) in [5, 5.41) is 19.7. The van der Waals surface area contributed by atoms with E-state index in [4.69, 9.17) is 0 Å². The minimum absolute atomic E-state index is 0.159. The number of allylic oxidation sites excluding steroid dienone is 2. The summed E-state index contributed by atoms with van der Waals surface area (Å²) in [6.45, 7) is 0. The van der Waals surface area contributed by atoms with Crippen molar-refractivity contribution in [3.63, 3.8) is 0 Å². The first-order valence-electron chi connectivity index (χ1n) is 5.32. The molecule has 0 aliphatic heterocycles. The molecule has 0 aromatic carbocycles. The van der Waals surface area contributed by atoms with E-state index in [0.717, 1.165) is 12.8 Å². The topological polar surface area (TPSA) is 40.5 Å². The van der Waals surface area contributed by atoms with Crippen LogP contribution in [-0.2, 0) is 0 Å². The SMILES string of the molecule is OC1CCC(O)C2C3C=CC(C3)C12. The largest absolute Gasteiger partial charge is 0.393 e. The van der Waals surface area contributed by atoms with Crippen molar-refractivity contribution in [3.8, 4) is 0 Å². The highest BCUT2D eigenvalue weighted by Crippen LogP contribution is 2.53. The molecule has 3 aliphatic carbocycles. The van der Waals surface area contributed by atoms with Gasteiger partial charge in [0.05, 0.1) is 12.2 Å². The average Bonchev–Trinajstić information content (AvgIpc) is 2.70. The molecule has 0 heterocycles. The number of rotatable bonds is 0. The molecule has 2 bridgehead atoms. The molecule has 0 aromatic heterocycles. The Morgan fingerprint density at radius 2 is 1.31 bits per heavy atom. The lowest BCUT2D eigenvalue weighted by atomic mass is 9.70. The molecule has 0 aromatic rings. The first-order chi connectivity index (χ1) is 6.27. The van der Waals surface area contributed by atoms with Gasteiger partial charge in [0, 0.05) is 0 Å². The van der Waals surface area contributed by atoms with Gasteiger partial charge < -0.3 is 10.2 Å². The van der Waals surface area contributed by atoms with E-state index in [0.29, 0.717) is 23.7 Å². The van der Waals surface area contributed by atoms with E-state index in [2.05, 4.69) is 12.2 Å². The van der Waals surface area contributed by atoms with Crippen LogP contribution in [0.5, 0.6) is 0 Å². The van der Waals surface area contributed by atoms with Crippen LogP contribution in [0.1, 0.15) is 19.3 Å². The smallest absolute Gasteiger partial charge is 0.0578 e. The molecule has 0 radical (unpaired) electrons. The highest BCUT2D eigenvalue weighted by molar-refractivity contribution is 5.17. The van der Waals surface area contributed by atoms with Crippen LogP contribution in [0, 0.1) is 23.7 Å². The molecule has 0 amide bonds. The molecule has 2 nitrogen and oxygen atoms in total. The second-order valence-electron chi connectivity index (χ2n) is 4.82. The number of aliphatic hydroxyl groups excluding tert-OH is 2. The van der Waals surface area contributed by atoms with Crippen LogP contribution < -0.4 is 0 Å². The third-order valence-corrected chi connectivity index (χ3v) is 4.23. The van der Waals surface area contributed by atoms with Crippen LogP contribution >= 0.6 is 0 Å². The summed E-state index contributed by atoms with van der Waals surface area (Å²) in [4.78, 5) is 0. The first-order valence-corrected chi connectivity index (χ1v) is 5.32. The summed E-state index contributed by atoms with van der Waals surface area (Å²) in [6.07, 6.45) is 6.92. The second-order valence-corrected chi connectivity index (χ2v) is 4.82. The van der Waals surface area contributed by atoms with Crippen LogP contribution in [0.4, 0.5) is 0 Å². The highest BCUT2D eigenvalue weighted by atomic mass is 16.3. The first kappa shape index (κ1) is 8.01. The quantitative estimate of drug-likeness (QED) is 0.545. The van der Waals surface area contributed by atoms with Gasteiger partial charge in [0.1, 0.15) is 0 Å². The molecule has 3 rings (SSSR count). The molecule has 0 spiro atoms. The van der Waals surface area contributed by atoms with E-state index in [-0.39, 0.29) is 12.2 Å². The van der Waals surface area contributed by atoms with Gasteiger partial charge in [0.25, 0.3) is 0 Å². The second kappa shape index (κ2) is 2.58. The number of aliphatic hydroxyl groups is 2. The molecule has 3 aliphatic rings. The predicted molar refractivity (Wildman–Crippen MR) is 49.0 cm³/mol. The Hall–Kier alpha value is -0.340. The van der Waals surface area contributed by atoms with Gasteiger partial charge in [-0.2, -0.15) is 0 Å². The number of hydrogen-bond donors (Lipinski definition) is 2. The van der Waals surface area contributed by atoms with Crippen molar-refractivity contribution in [2.45, 2.75) is 31.5 Å². The van der Waals surface area contributed by atoms with Crippen molar-refractivity contribution in [1.82, 2.24) is 0 Å². The maximum atomic E-state index is 9.87. The van der Waals surface area contributed by atoms with Gasteiger partial charge in [-0.3, -0.25) is 0 Å². The van der Waals surface area contributed by atoms with Crippen LogP contribution in [0.15, 0.2) is 12.2 Å². The van der Waals surface area contributed by atoms with Crippen LogP contribution in [-0.4, -0.2) is 22.4 Å². The van der Waals surface area contributed by atoms with Crippen molar-refractivity contribution >= 4 is 0 Å². The summed E-state index contributed by atoms with van der Waals surface area (Å²) in [5.41, 5.74) is 0. The molecule has 6 atom stereocenters. The average molecular weight is 180 g/mol. The minimum atomic E-state index is -0.159. The summed E-state index contributed by atoms with van der Waals surface area (Å²) in [6, 6.07) is 0. The maximum Gasteiger partial charge on any atom is 0.0578 e. The molecule has 2 heteroatoms. The van der Waals surface area contributed by atoms with Crippen molar-refractivity contribution in [1.29, 1.82) is 0 Å². The van der Waals surface area contributed by atoms with E-state index in [1.165, 1.54) is 6.42 Å². The standard InChI is InChI=1S/C11H16O2/c12-8-3-4-9(13)11-7-2-1-6(5-7)10(8)11/h1-2,6-13H,3-5H2. The molecule has 13 heavy (non-hydrogen) atoms. The summed E-state index contributed by atoms with van der Waals surface area (Å²) < 4.78 is 0. The van der Waals surface area contributed by atoms with E-state index < -0.39 is 0 Å². The fraction of sp³-hybridized carbons (Fsp3) is 0.818. The summed E-state index contributed by atoms with van der Waals surface area (Å²) in [7, 11) is 0. The minimum Gasteiger partial charge on any atom is -0.393 e. The van der Waals surface area contributed by atoms with Crippen LogP contribution in [0.25, 0.3) is 0 Å². The number of hydrogen-bond acceptors (Lipinski definition) is 2. The van der Waals surface area contributed by atoms with Crippen LogP contribution in [0.3, 0.4) is 0 Å².